The van der Waals surface area contributed by atoms with E-state index in [0.29, 0.717) is 11.6 Å². The summed E-state index contributed by atoms with van der Waals surface area (Å²) in [6.45, 7) is 1.50. The lowest BCUT2D eigenvalue weighted by Crippen LogP contribution is -2.41. The number of amides is 1. The van der Waals surface area contributed by atoms with Crippen molar-refractivity contribution in [3.8, 4) is 0 Å². The number of likely N-dealkylation sites (tertiary alicyclic amines) is 1. The van der Waals surface area contributed by atoms with Gasteiger partial charge in [-0.05, 0) is 37.3 Å². The highest BCUT2D eigenvalue weighted by atomic mass is 16.2. The molecular formula is C17H22N6O. The molecule has 1 amide bonds. The highest BCUT2D eigenvalue weighted by Gasteiger charge is 2.25. The van der Waals surface area contributed by atoms with E-state index in [-0.39, 0.29) is 5.91 Å². The van der Waals surface area contributed by atoms with Gasteiger partial charge in [-0.1, -0.05) is 0 Å². The van der Waals surface area contributed by atoms with Crippen LogP contribution in [0.1, 0.15) is 29.0 Å². The van der Waals surface area contributed by atoms with Crippen LogP contribution in [0.4, 0.5) is 5.82 Å². The number of hydrogen-bond acceptors (Lipinski definition) is 6. The summed E-state index contributed by atoms with van der Waals surface area (Å²) >= 11 is 0. The Balaban J connectivity index is 1.62. The number of anilines is 1. The molecule has 1 saturated heterocycles. The molecule has 0 spiro atoms. The van der Waals surface area contributed by atoms with Crippen LogP contribution >= 0.6 is 0 Å². The Labute approximate surface area is 141 Å². The molecule has 1 unspecified atom stereocenters. The minimum atomic E-state index is -0.0400. The maximum Gasteiger partial charge on any atom is 0.274 e. The molecule has 2 aromatic rings. The number of rotatable bonds is 4. The molecule has 0 saturated carbocycles. The summed E-state index contributed by atoms with van der Waals surface area (Å²) in [6, 6.07) is 4.00. The van der Waals surface area contributed by atoms with Gasteiger partial charge < -0.3 is 9.80 Å². The Morgan fingerprint density at radius 3 is 2.83 bits per heavy atom. The third-order valence-electron chi connectivity index (χ3n) is 4.25. The van der Waals surface area contributed by atoms with E-state index in [0.717, 1.165) is 43.9 Å². The zero-order valence-corrected chi connectivity index (χ0v) is 14.1. The highest BCUT2D eigenvalue weighted by Crippen LogP contribution is 2.21. The molecule has 3 rings (SSSR count). The van der Waals surface area contributed by atoms with Crippen LogP contribution in [0.2, 0.25) is 0 Å². The summed E-state index contributed by atoms with van der Waals surface area (Å²) in [6.07, 6.45) is 7.59. The number of piperidine rings is 1. The molecule has 0 radical (unpaired) electrons. The molecule has 126 valence electrons. The van der Waals surface area contributed by atoms with Crippen molar-refractivity contribution in [2.24, 2.45) is 5.92 Å². The Hall–Kier alpha value is -2.57. The molecule has 24 heavy (non-hydrogen) atoms. The molecule has 3 heterocycles. The largest absolute Gasteiger partial charge is 0.361 e. The minimum Gasteiger partial charge on any atom is -0.361 e. The van der Waals surface area contributed by atoms with Crippen molar-refractivity contribution in [2.75, 3.05) is 32.1 Å². The van der Waals surface area contributed by atoms with E-state index < -0.39 is 0 Å². The fourth-order valence-corrected chi connectivity index (χ4v) is 2.98. The molecule has 1 atom stereocenters. The van der Waals surface area contributed by atoms with E-state index in [1.165, 1.54) is 6.20 Å². The van der Waals surface area contributed by atoms with Gasteiger partial charge in [0.25, 0.3) is 5.91 Å². The Bertz CT molecular complexity index is 673. The average molecular weight is 326 g/mol. The topological polar surface area (TPSA) is 75.1 Å². The summed E-state index contributed by atoms with van der Waals surface area (Å²) in [5.74, 6) is 1.21. The van der Waals surface area contributed by atoms with Gasteiger partial charge in [-0.3, -0.25) is 9.78 Å². The molecule has 2 aromatic heterocycles. The van der Waals surface area contributed by atoms with Gasteiger partial charge in [-0.2, -0.15) is 5.10 Å². The predicted molar refractivity (Wildman–Crippen MR) is 90.7 cm³/mol. The van der Waals surface area contributed by atoms with Crippen LogP contribution in [-0.2, 0) is 6.42 Å². The lowest BCUT2D eigenvalue weighted by molar-refractivity contribution is 0.0666. The third kappa shape index (κ3) is 3.84. The van der Waals surface area contributed by atoms with Gasteiger partial charge in [-0.15, -0.1) is 5.10 Å². The van der Waals surface area contributed by atoms with Crippen LogP contribution in [-0.4, -0.2) is 58.2 Å². The smallest absolute Gasteiger partial charge is 0.274 e. The van der Waals surface area contributed by atoms with Gasteiger partial charge in [0, 0.05) is 39.6 Å². The summed E-state index contributed by atoms with van der Waals surface area (Å²) in [7, 11) is 3.89. The predicted octanol–water partition coefficient (Wildman–Crippen LogP) is 1.43. The van der Waals surface area contributed by atoms with Crippen molar-refractivity contribution < 1.29 is 4.79 Å². The second-order valence-corrected chi connectivity index (χ2v) is 6.33. The van der Waals surface area contributed by atoms with E-state index in [9.17, 15) is 4.79 Å². The maximum absolute atomic E-state index is 12.5. The van der Waals surface area contributed by atoms with E-state index in [2.05, 4.69) is 20.2 Å². The average Bonchev–Trinajstić information content (AvgIpc) is 2.62. The van der Waals surface area contributed by atoms with Gasteiger partial charge in [0.15, 0.2) is 5.82 Å². The van der Waals surface area contributed by atoms with Crippen LogP contribution in [0.5, 0.6) is 0 Å². The van der Waals surface area contributed by atoms with E-state index >= 15 is 0 Å². The first kappa shape index (κ1) is 16.3. The second-order valence-electron chi connectivity index (χ2n) is 6.33. The molecule has 1 fully saturated rings. The number of nitrogens with zero attached hydrogens (tertiary/aromatic N) is 6. The van der Waals surface area contributed by atoms with Crippen molar-refractivity contribution in [2.45, 2.75) is 19.3 Å². The molecule has 0 bridgehead atoms. The molecule has 7 nitrogen and oxygen atoms in total. The molecule has 0 aromatic carbocycles. The zero-order chi connectivity index (χ0) is 16.9. The maximum atomic E-state index is 12.5. The van der Waals surface area contributed by atoms with Crippen LogP contribution in [0.3, 0.4) is 0 Å². The van der Waals surface area contributed by atoms with E-state index in [4.69, 9.17) is 0 Å². The van der Waals surface area contributed by atoms with Crippen LogP contribution in [0.25, 0.3) is 0 Å². The van der Waals surface area contributed by atoms with Gasteiger partial charge in [0.1, 0.15) is 5.69 Å². The van der Waals surface area contributed by atoms with Crippen molar-refractivity contribution in [1.82, 2.24) is 25.1 Å². The summed E-state index contributed by atoms with van der Waals surface area (Å²) in [5.41, 5.74) is 1.38. The SMILES string of the molecule is CN(C)c1ccc(CC2CCCN(C(=O)c3cnccn3)C2)nn1. The van der Waals surface area contributed by atoms with Crippen molar-refractivity contribution in [3.63, 3.8) is 0 Å². The quantitative estimate of drug-likeness (QED) is 0.846. The number of aromatic nitrogens is 4. The van der Waals surface area contributed by atoms with Gasteiger partial charge in [0.05, 0.1) is 11.9 Å². The van der Waals surface area contributed by atoms with Crippen LogP contribution < -0.4 is 4.90 Å². The van der Waals surface area contributed by atoms with Gasteiger partial charge in [0.2, 0.25) is 0 Å². The standard InChI is InChI=1S/C17H22N6O/c1-22(2)16-6-5-14(20-21-16)10-13-4-3-9-23(12-13)17(24)15-11-18-7-8-19-15/h5-8,11,13H,3-4,9-10,12H2,1-2H3. The van der Waals surface area contributed by atoms with Crippen molar-refractivity contribution >= 4 is 11.7 Å². The molecule has 1 aliphatic heterocycles. The van der Waals surface area contributed by atoms with Gasteiger partial charge in [-0.25, -0.2) is 4.98 Å². The highest BCUT2D eigenvalue weighted by molar-refractivity contribution is 5.92. The molecule has 0 aliphatic carbocycles. The Morgan fingerprint density at radius 2 is 2.17 bits per heavy atom. The van der Waals surface area contributed by atoms with E-state index in [1.807, 2.05) is 36.0 Å². The second kappa shape index (κ2) is 7.33. The number of carbonyl (C=O) groups excluding carboxylic acids is 1. The fourth-order valence-electron chi connectivity index (χ4n) is 2.98. The number of hydrogen-bond donors (Lipinski definition) is 0. The van der Waals surface area contributed by atoms with Crippen molar-refractivity contribution in [1.29, 1.82) is 0 Å². The monoisotopic (exact) mass is 326 g/mol. The van der Waals surface area contributed by atoms with E-state index in [1.54, 1.807) is 12.4 Å². The zero-order valence-electron chi connectivity index (χ0n) is 14.1. The van der Waals surface area contributed by atoms with Gasteiger partial charge >= 0.3 is 0 Å². The molecule has 1 aliphatic rings. The Morgan fingerprint density at radius 1 is 1.29 bits per heavy atom. The first-order valence-corrected chi connectivity index (χ1v) is 8.18. The third-order valence-corrected chi connectivity index (χ3v) is 4.25. The fraction of sp³-hybridized carbons (Fsp3) is 0.471. The normalized spacial score (nSPS) is 17.6. The molecular weight excluding hydrogens is 304 g/mol. The minimum absolute atomic E-state index is 0.0400. The van der Waals surface area contributed by atoms with Crippen LogP contribution in [0, 0.1) is 5.92 Å². The summed E-state index contributed by atoms with van der Waals surface area (Å²) < 4.78 is 0. The van der Waals surface area contributed by atoms with Crippen molar-refractivity contribution in [3.05, 3.63) is 42.1 Å². The summed E-state index contributed by atoms with van der Waals surface area (Å²) in [4.78, 5) is 24.4. The lowest BCUT2D eigenvalue weighted by atomic mass is 9.93. The Kier molecular flexibility index (Phi) is 4.98. The molecule has 7 heteroatoms. The molecule has 0 N–H and O–H groups in total. The first-order chi connectivity index (χ1) is 11.6. The lowest BCUT2D eigenvalue weighted by Gasteiger charge is -2.32. The number of carbonyl (C=O) groups is 1. The first-order valence-electron chi connectivity index (χ1n) is 8.18. The summed E-state index contributed by atoms with van der Waals surface area (Å²) in [5, 5.41) is 8.53. The van der Waals surface area contributed by atoms with Crippen LogP contribution in [0.15, 0.2) is 30.7 Å².